The molecule has 9 nitrogen and oxygen atoms in total. The monoisotopic (exact) mass is 606 g/mol. The molecule has 0 fully saturated rings. The molecule has 2 unspecified atom stereocenters. The lowest BCUT2D eigenvalue weighted by Crippen LogP contribution is -2.47. The minimum atomic E-state index is -5.11. The first-order valence-electron chi connectivity index (χ1n) is 12.5. The van der Waals surface area contributed by atoms with Crippen LogP contribution in [0.3, 0.4) is 0 Å². The van der Waals surface area contributed by atoms with Crippen LogP contribution in [-0.4, -0.2) is 57.0 Å². The Morgan fingerprint density at radius 3 is 2.00 bits per heavy atom. The zero-order valence-electron chi connectivity index (χ0n) is 23.2. The van der Waals surface area contributed by atoms with Gasteiger partial charge in [0.2, 0.25) is 0 Å². The molecule has 0 N–H and O–H groups in total. The predicted molar refractivity (Wildman–Crippen MR) is 135 cm³/mol. The van der Waals surface area contributed by atoms with Gasteiger partial charge in [-0.05, 0) is 55.7 Å². The third-order valence-corrected chi connectivity index (χ3v) is 6.63. The second kappa shape index (κ2) is 12.4. The van der Waals surface area contributed by atoms with Gasteiger partial charge in [0.05, 0.1) is 50.8 Å². The van der Waals surface area contributed by atoms with E-state index in [0.717, 1.165) is 19.1 Å². The summed E-state index contributed by atoms with van der Waals surface area (Å²) in [6, 6.07) is 1.83. The Morgan fingerprint density at radius 1 is 0.929 bits per heavy atom. The van der Waals surface area contributed by atoms with Crippen LogP contribution in [0.4, 0.5) is 41.6 Å². The Morgan fingerprint density at radius 2 is 1.52 bits per heavy atom. The van der Waals surface area contributed by atoms with Gasteiger partial charge >= 0.3 is 30.5 Å². The van der Waals surface area contributed by atoms with Crippen molar-refractivity contribution in [3.05, 3.63) is 58.1 Å². The molecule has 2 aromatic carbocycles. The first-order chi connectivity index (χ1) is 19.6. The number of fused-ring (bicyclic) bond motifs is 1. The second-order valence-corrected chi connectivity index (χ2v) is 9.28. The lowest BCUT2D eigenvalue weighted by molar-refractivity contribution is -0.143. The van der Waals surface area contributed by atoms with Gasteiger partial charge in [-0.1, -0.05) is 0 Å². The maximum atomic E-state index is 13.5. The maximum absolute atomic E-state index is 13.5. The summed E-state index contributed by atoms with van der Waals surface area (Å²) in [7, 11) is 3.37. The van der Waals surface area contributed by atoms with Gasteiger partial charge in [-0.3, -0.25) is 9.80 Å². The van der Waals surface area contributed by atoms with Gasteiger partial charge in [-0.15, -0.1) is 0 Å². The summed E-state index contributed by atoms with van der Waals surface area (Å²) < 4.78 is 101. The fourth-order valence-electron chi connectivity index (χ4n) is 4.79. The molecule has 2 amide bonds. The van der Waals surface area contributed by atoms with Gasteiger partial charge in [0.25, 0.3) is 0 Å². The topological polar surface area (TPSA) is 94.6 Å². The number of methoxy groups -OCH3 is 3. The molecule has 0 radical (unpaired) electrons. The van der Waals surface area contributed by atoms with E-state index in [1.807, 2.05) is 0 Å². The largest absolute Gasteiger partial charge is 0.496 e. The van der Waals surface area contributed by atoms with E-state index in [-0.39, 0.29) is 41.7 Å². The van der Waals surface area contributed by atoms with Crippen molar-refractivity contribution in [2.75, 3.05) is 32.8 Å². The van der Waals surface area contributed by atoms with Crippen molar-refractivity contribution in [3.63, 3.8) is 0 Å². The van der Waals surface area contributed by atoms with Crippen LogP contribution in [0, 0.1) is 0 Å². The predicted octanol–water partition coefficient (Wildman–Crippen LogP) is 6.58. The lowest BCUT2D eigenvalue weighted by Gasteiger charge is -2.42. The molecule has 0 bridgehead atoms. The highest BCUT2D eigenvalue weighted by Crippen LogP contribution is 2.45. The second-order valence-electron chi connectivity index (χ2n) is 9.28. The SMILES string of the molecule is CCOC(=O)N1c2cc(OC)c(C(=O)OC)cc2C(N(Cc2cc(C(F)(F)F)cc(C(F)(F)F)c2)C(=O)OC)CC1C. The number of benzene rings is 2. The summed E-state index contributed by atoms with van der Waals surface area (Å²) in [5.74, 6) is -0.841. The third-order valence-electron chi connectivity index (χ3n) is 6.63. The van der Waals surface area contributed by atoms with E-state index in [1.54, 1.807) is 13.8 Å². The van der Waals surface area contributed by atoms with Crippen molar-refractivity contribution in [1.29, 1.82) is 0 Å². The van der Waals surface area contributed by atoms with E-state index in [4.69, 9.17) is 18.9 Å². The highest BCUT2D eigenvalue weighted by atomic mass is 19.4. The normalized spacial score (nSPS) is 16.8. The summed E-state index contributed by atoms with van der Waals surface area (Å²) in [5.41, 5.74) is -3.41. The number of anilines is 1. The van der Waals surface area contributed by atoms with E-state index < -0.39 is 65.8 Å². The first kappa shape index (κ1) is 32.3. The molecule has 0 saturated carbocycles. The number of halogens is 6. The van der Waals surface area contributed by atoms with Crippen LogP contribution in [-0.2, 0) is 33.1 Å². The number of hydrogen-bond donors (Lipinski definition) is 0. The molecule has 15 heteroatoms. The van der Waals surface area contributed by atoms with Crippen LogP contribution >= 0.6 is 0 Å². The van der Waals surface area contributed by atoms with Crippen LogP contribution in [0.15, 0.2) is 30.3 Å². The zero-order valence-corrected chi connectivity index (χ0v) is 23.2. The average molecular weight is 607 g/mol. The molecule has 1 aliphatic rings. The number of hydrogen-bond acceptors (Lipinski definition) is 7. The van der Waals surface area contributed by atoms with Crippen molar-refractivity contribution in [2.45, 2.75) is 51.2 Å². The molecule has 2 aromatic rings. The quantitative estimate of drug-likeness (QED) is 0.208. The van der Waals surface area contributed by atoms with Crippen LogP contribution in [0.2, 0.25) is 0 Å². The minimum Gasteiger partial charge on any atom is -0.496 e. The molecule has 1 heterocycles. The van der Waals surface area contributed by atoms with E-state index in [2.05, 4.69) is 0 Å². The number of carbonyl (C=O) groups excluding carboxylic acids is 3. The summed E-state index contributed by atoms with van der Waals surface area (Å²) >= 11 is 0. The van der Waals surface area contributed by atoms with Crippen molar-refractivity contribution >= 4 is 23.8 Å². The van der Waals surface area contributed by atoms with Crippen molar-refractivity contribution in [2.24, 2.45) is 0 Å². The maximum Gasteiger partial charge on any atom is 0.416 e. The zero-order chi connectivity index (χ0) is 31.6. The molecule has 0 saturated heterocycles. The minimum absolute atomic E-state index is 0.0000592. The molecule has 230 valence electrons. The van der Waals surface area contributed by atoms with Gasteiger partial charge in [0, 0.05) is 18.7 Å². The summed E-state index contributed by atoms with van der Waals surface area (Å²) in [4.78, 5) is 40.7. The number of alkyl halides is 6. The van der Waals surface area contributed by atoms with Crippen LogP contribution in [0.25, 0.3) is 0 Å². The Balaban J connectivity index is 2.26. The Hall–Kier alpha value is -4.17. The first-order valence-corrected chi connectivity index (χ1v) is 12.5. The Labute approximate surface area is 236 Å². The van der Waals surface area contributed by atoms with Crippen LogP contribution in [0.5, 0.6) is 5.75 Å². The van der Waals surface area contributed by atoms with Gasteiger partial charge in [-0.25, -0.2) is 14.4 Å². The molecular weight excluding hydrogens is 578 g/mol. The third kappa shape index (κ3) is 6.65. The number of ether oxygens (including phenoxy) is 4. The molecule has 1 aliphatic heterocycles. The highest BCUT2D eigenvalue weighted by molar-refractivity contribution is 5.96. The highest BCUT2D eigenvalue weighted by Gasteiger charge is 2.42. The summed E-state index contributed by atoms with van der Waals surface area (Å²) in [6.07, 6.45) is -12.1. The van der Waals surface area contributed by atoms with E-state index in [9.17, 15) is 40.7 Å². The molecule has 0 aliphatic carbocycles. The number of nitrogens with zero attached hydrogens (tertiary/aromatic N) is 2. The smallest absolute Gasteiger partial charge is 0.416 e. The number of esters is 1. The van der Waals surface area contributed by atoms with Gasteiger partial charge in [-0.2, -0.15) is 26.3 Å². The molecular formula is C27H28F6N2O7. The van der Waals surface area contributed by atoms with E-state index in [1.165, 1.54) is 24.1 Å². The molecule has 42 heavy (non-hydrogen) atoms. The molecule has 0 aromatic heterocycles. The Bertz CT molecular complexity index is 1310. The van der Waals surface area contributed by atoms with Crippen LogP contribution in [0.1, 0.15) is 58.9 Å². The number of amides is 2. The van der Waals surface area contributed by atoms with Crippen LogP contribution < -0.4 is 9.64 Å². The van der Waals surface area contributed by atoms with Gasteiger partial charge in [0.15, 0.2) is 0 Å². The molecule has 0 spiro atoms. The summed E-state index contributed by atoms with van der Waals surface area (Å²) in [6.45, 7) is 2.47. The Kier molecular flexibility index (Phi) is 9.53. The molecule has 2 atom stereocenters. The fraction of sp³-hybridized carbons (Fsp3) is 0.444. The van der Waals surface area contributed by atoms with Crippen molar-refractivity contribution < 1.29 is 59.7 Å². The lowest BCUT2D eigenvalue weighted by atomic mass is 9.88. The standard InChI is InChI=1S/C27H28F6N2O7/c1-6-42-25(38)35-14(2)7-20(18-11-19(23(36)40-4)22(39-3)12-21(18)35)34(24(37)41-5)13-15-8-16(26(28,29)30)10-17(9-15)27(31,32)33/h8-12,14,20H,6-7,13H2,1-5H3. The molecule has 3 rings (SSSR count). The number of carbonyl (C=O) groups is 3. The average Bonchev–Trinajstić information content (AvgIpc) is 2.92. The fourth-order valence-corrected chi connectivity index (χ4v) is 4.79. The van der Waals surface area contributed by atoms with Crippen molar-refractivity contribution in [3.8, 4) is 5.75 Å². The van der Waals surface area contributed by atoms with E-state index >= 15 is 0 Å². The van der Waals surface area contributed by atoms with Gasteiger partial charge < -0.3 is 18.9 Å². The van der Waals surface area contributed by atoms with E-state index in [0.29, 0.717) is 12.1 Å². The van der Waals surface area contributed by atoms with Gasteiger partial charge in [0.1, 0.15) is 11.3 Å². The number of rotatable bonds is 6. The van der Waals surface area contributed by atoms with Crippen molar-refractivity contribution in [1.82, 2.24) is 4.90 Å². The summed E-state index contributed by atoms with van der Waals surface area (Å²) in [5, 5.41) is 0.